The van der Waals surface area contributed by atoms with E-state index in [-0.39, 0.29) is 17.9 Å². The zero-order valence-electron chi connectivity index (χ0n) is 19.8. The van der Waals surface area contributed by atoms with Gasteiger partial charge in [0.2, 0.25) is 15.9 Å². The molecule has 1 unspecified atom stereocenters. The fourth-order valence-electron chi connectivity index (χ4n) is 4.27. The zero-order valence-corrected chi connectivity index (χ0v) is 20.6. The van der Waals surface area contributed by atoms with E-state index in [0.29, 0.717) is 5.82 Å². The van der Waals surface area contributed by atoms with Gasteiger partial charge in [0.25, 0.3) is 0 Å². The van der Waals surface area contributed by atoms with Crippen molar-refractivity contribution in [2.75, 3.05) is 0 Å². The molecule has 2 N–H and O–H groups in total. The van der Waals surface area contributed by atoms with Gasteiger partial charge in [-0.05, 0) is 47.0 Å². The molecule has 0 saturated carbocycles. The van der Waals surface area contributed by atoms with Gasteiger partial charge in [-0.25, -0.2) is 13.4 Å². The number of sulfonamides is 1. The normalized spacial score (nSPS) is 12.6. The Hall–Kier alpha value is -4.01. The van der Waals surface area contributed by atoms with Gasteiger partial charge in [-0.1, -0.05) is 72.8 Å². The molecule has 1 aromatic heterocycles. The van der Waals surface area contributed by atoms with E-state index in [9.17, 15) is 13.2 Å². The van der Waals surface area contributed by atoms with Crippen molar-refractivity contribution in [3.8, 4) is 0 Å². The zero-order chi connectivity index (χ0) is 25.1. The number of carbonyl (C=O) groups is 1. The molecule has 0 radical (unpaired) electrons. The smallest absolute Gasteiger partial charge is 0.241 e. The van der Waals surface area contributed by atoms with Crippen LogP contribution in [0.1, 0.15) is 11.4 Å². The van der Waals surface area contributed by atoms with Crippen LogP contribution < -0.4 is 10.0 Å². The highest BCUT2D eigenvalue weighted by Gasteiger charge is 2.26. The van der Waals surface area contributed by atoms with Crippen LogP contribution in [0.5, 0.6) is 0 Å². The van der Waals surface area contributed by atoms with Crippen LogP contribution in [0.25, 0.3) is 21.8 Å². The average molecular weight is 499 g/mol. The van der Waals surface area contributed by atoms with Crippen LogP contribution in [0.15, 0.2) is 102 Å². The number of aromatic nitrogens is 2. The topological polar surface area (TPSA) is 93.1 Å². The lowest BCUT2D eigenvalue weighted by Gasteiger charge is -2.19. The Morgan fingerprint density at radius 2 is 1.58 bits per heavy atom. The molecule has 0 aliphatic heterocycles. The molecule has 0 aliphatic rings. The second kappa shape index (κ2) is 9.93. The fraction of sp³-hybridized carbons (Fsp3) is 0.143. The van der Waals surface area contributed by atoms with Crippen molar-refractivity contribution in [2.24, 2.45) is 7.05 Å². The van der Waals surface area contributed by atoms with Gasteiger partial charge in [0.1, 0.15) is 11.9 Å². The summed E-state index contributed by atoms with van der Waals surface area (Å²) in [6, 6.07) is 28.6. The Labute approximate surface area is 209 Å². The van der Waals surface area contributed by atoms with E-state index in [1.165, 1.54) is 0 Å². The second-order valence-electron chi connectivity index (χ2n) is 8.67. The van der Waals surface area contributed by atoms with E-state index < -0.39 is 22.0 Å². The summed E-state index contributed by atoms with van der Waals surface area (Å²) >= 11 is 0. The standard InChI is InChI=1S/C28H26N4O3S/c1-32-26-14-8-7-13-24(26)30-27(32)19-29-28(33)25(17-20-9-3-2-4-10-20)31-36(34,35)23-16-15-21-11-5-6-12-22(21)18-23/h2-16,18,25,31H,17,19H2,1H3,(H,29,33). The van der Waals surface area contributed by atoms with Crippen molar-refractivity contribution in [2.45, 2.75) is 23.9 Å². The highest BCUT2D eigenvalue weighted by molar-refractivity contribution is 7.89. The highest BCUT2D eigenvalue weighted by atomic mass is 32.2. The molecule has 5 aromatic rings. The van der Waals surface area contributed by atoms with Gasteiger partial charge in [-0.15, -0.1) is 0 Å². The van der Waals surface area contributed by atoms with Gasteiger partial charge in [0.05, 0.1) is 22.5 Å². The molecule has 1 amide bonds. The molecule has 1 heterocycles. The summed E-state index contributed by atoms with van der Waals surface area (Å²) in [5.41, 5.74) is 2.64. The number of aryl methyl sites for hydroxylation is 1. The maximum atomic E-state index is 13.3. The van der Waals surface area contributed by atoms with Crippen LogP contribution in [0.2, 0.25) is 0 Å². The third-order valence-corrected chi connectivity index (χ3v) is 7.70. The number of fused-ring (bicyclic) bond motifs is 2. The third kappa shape index (κ3) is 5.00. The van der Waals surface area contributed by atoms with E-state index in [1.807, 2.05) is 90.5 Å². The van der Waals surface area contributed by atoms with Crippen molar-refractivity contribution >= 4 is 37.7 Å². The number of carbonyl (C=O) groups excluding carboxylic acids is 1. The predicted octanol–water partition coefficient (Wildman–Crippen LogP) is 3.93. The number of rotatable bonds is 8. The van der Waals surface area contributed by atoms with Crippen molar-refractivity contribution in [1.29, 1.82) is 0 Å². The van der Waals surface area contributed by atoms with Crippen molar-refractivity contribution in [3.63, 3.8) is 0 Å². The largest absolute Gasteiger partial charge is 0.347 e. The van der Waals surface area contributed by atoms with Gasteiger partial charge < -0.3 is 9.88 Å². The minimum absolute atomic E-state index is 0.113. The Morgan fingerprint density at radius 1 is 0.889 bits per heavy atom. The molecule has 0 aliphatic carbocycles. The number of nitrogens with one attached hydrogen (secondary N) is 2. The van der Waals surface area contributed by atoms with Crippen LogP contribution in [-0.4, -0.2) is 29.9 Å². The van der Waals surface area contributed by atoms with Gasteiger partial charge >= 0.3 is 0 Å². The van der Waals surface area contributed by atoms with Crippen molar-refractivity contribution in [1.82, 2.24) is 19.6 Å². The van der Waals surface area contributed by atoms with E-state index in [1.54, 1.807) is 18.2 Å². The minimum Gasteiger partial charge on any atom is -0.347 e. The van der Waals surface area contributed by atoms with E-state index in [4.69, 9.17) is 0 Å². The Kier molecular flexibility index (Phi) is 6.54. The summed E-state index contributed by atoms with van der Waals surface area (Å²) in [6.45, 7) is 0.174. The van der Waals surface area contributed by atoms with E-state index in [0.717, 1.165) is 27.4 Å². The first-order valence-electron chi connectivity index (χ1n) is 11.6. The summed E-state index contributed by atoms with van der Waals surface area (Å²) in [6.07, 6.45) is 0.210. The van der Waals surface area contributed by atoms with Gasteiger partial charge in [0.15, 0.2) is 0 Å². The number of para-hydroxylation sites is 2. The number of amides is 1. The lowest BCUT2D eigenvalue weighted by Crippen LogP contribution is -2.47. The van der Waals surface area contributed by atoms with Crippen LogP contribution in [0.3, 0.4) is 0 Å². The molecule has 182 valence electrons. The summed E-state index contributed by atoms with van der Waals surface area (Å²) in [7, 11) is -2.07. The summed E-state index contributed by atoms with van der Waals surface area (Å²) < 4.78 is 31.2. The average Bonchev–Trinajstić information content (AvgIpc) is 3.22. The first-order valence-corrected chi connectivity index (χ1v) is 13.1. The molecule has 4 aromatic carbocycles. The van der Waals surface area contributed by atoms with Crippen LogP contribution in [-0.2, 0) is 34.8 Å². The van der Waals surface area contributed by atoms with Crippen LogP contribution in [0, 0.1) is 0 Å². The quantitative estimate of drug-likeness (QED) is 0.339. The molecule has 0 spiro atoms. The maximum absolute atomic E-state index is 13.3. The number of hydrogen-bond donors (Lipinski definition) is 2. The monoisotopic (exact) mass is 498 g/mol. The molecule has 0 bridgehead atoms. The lowest BCUT2D eigenvalue weighted by atomic mass is 10.1. The summed E-state index contributed by atoms with van der Waals surface area (Å²) in [5.74, 6) is 0.260. The number of hydrogen-bond acceptors (Lipinski definition) is 4. The molecule has 36 heavy (non-hydrogen) atoms. The molecule has 8 heteroatoms. The van der Waals surface area contributed by atoms with Crippen LogP contribution >= 0.6 is 0 Å². The van der Waals surface area contributed by atoms with Crippen molar-refractivity contribution in [3.05, 3.63) is 108 Å². The summed E-state index contributed by atoms with van der Waals surface area (Å²) in [4.78, 5) is 18.0. The van der Waals surface area contributed by atoms with Gasteiger partial charge in [-0.3, -0.25) is 4.79 Å². The van der Waals surface area contributed by atoms with Gasteiger partial charge in [0, 0.05) is 7.05 Å². The molecular weight excluding hydrogens is 472 g/mol. The second-order valence-corrected chi connectivity index (χ2v) is 10.4. The van der Waals surface area contributed by atoms with E-state index in [2.05, 4.69) is 15.0 Å². The van der Waals surface area contributed by atoms with Crippen LogP contribution in [0.4, 0.5) is 0 Å². The minimum atomic E-state index is -3.96. The third-order valence-electron chi connectivity index (χ3n) is 6.23. The van der Waals surface area contributed by atoms with Crippen molar-refractivity contribution < 1.29 is 13.2 Å². The molecule has 5 rings (SSSR count). The molecule has 0 fully saturated rings. The molecule has 0 saturated heterocycles. The molecule has 1 atom stereocenters. The predicted molar refractivity (Wildman–Crippen MR) is 141 cm³/mol. The first-order chi connectivity index (χ1) is 17.4. The Balaban J connectivity index is 1.39. The first kappa shape index (κ1) is 23.7. The highest BCUT2D eigenvalue weighted by Crippen LogP contribution is 2.20. The number of nitrogens with zero attached hydrogens (tertiary/aromatic N) is 2. The Bertz CT molecular complexity index is 1650. The number of benzene rings is 4. The fourth-order valence-corrected chi connectivity index (χ4v) is 5.50. The SMILES string of the molecule is Cn1c(CNC(=O)C(Cc2ccccc2)NS(=O)(=O)c2ccc3ccccc3c2)nc2ccccc21. The molecule has 7 nitrogen and oxygen atoms in total. The number of imidazole rings is 1. The van der Waals surface area contributed by atoms with Gasteiger partial charge in [-0.2, -0.15) is 4.72 Å². The molecular formula is C28H26N4O3S. The van der Waals surface area contributed by atoms with E-state index >= 15 is 0 Å². The summed E-state index contributed by atoms with van der Waals surface area (Å²) in [5, 5.41) is 4.63. The lowest BCUT2D eigenvalue weighted by molar-refractivity contribution is -0.122. The Morgan fingerprint density at radius 3 is 2.36 bits per heavy atom. The maximum Gasteiger partial charge on any atom is 0.241 e.